The van der Waals surface area contributed by atoms with Crippen LogP contribution < -0.4 is 34.5 Å². The molecule has 0 aliphatic rings. The molecular formula is C4H4NNa. The zero-order valence-corrected chi connectivity index (χ0v) is 5.76. The molecule has 2 heteroatoms. The van der Waals surface area contributed by atoms with E-state index in [2.05, 4.69) is 4.98 Å². The summed E-state index contributed by atoms with van der Waals surface area (Å²) in [4.78, 5) is 3.72. The fraction of sp³-hybridized carbons (Fsp3) is 0. The van der Waals surface area contributed by atoms with Crippen LogP contribution in [-0.2, 0) is 0 Å². The third-order valence-electron chi connectivity index (χ3n) is 0.455. The topological polar surface area (TPSA) is 14.1 Å². The molecule has 0 fully saturated rings. The summed E-state index contributed by atoms with van der Waals surface area (Å²) in [6.45, 7) is 0. The number of rotatable bonds is 0. The smallest absolute Gasteiger partial charge is 0.670 e. The second kappa shape index (κ2) is 3.47. The average Bonchev–Trinajstić information content (AvgIpc) is 1.76. The van der Waals surface area contributed by atoms with Crippen LogP contribution in [0.15, 0.2) is 24.5 Å². The summed E-state index contributed by atoms with van der Waals surface area (Å²) in [7, 11) is 0. The molecule has 1 nitrogen and oxygen atoms in total. The molecule has 0 N–H and O–H groups in total. The summed E-state index contributed by atoms with van der Waals surface area (Å²) < 4.78 is 0. The molecule has 0 unspecified atom stereocenters. The van der Waals surface area contributed by atoms with Gasteiger partial charge in [0.05, 0.1) is 0 Å². The first-order valence-electron chi connectivity index (χ1n) is 1.52. The first-order chi connectivity index (χ1) is 2.50. The van der Waals surface area contributed by atoms with Gasteiger partial charge < -0.3 is 4.98 Å². The number of hydrogen-bond acceptors (Lipinski definition) is 0. The van der Waals surface area contributed by atoms with E-state index in [1.807, 2.05) is 12.1 Å². The maximum absolute atomic E-state index is 3.72. The van der Waals surface area contributed by atoms with Crippen LogP contribution in [-0.4, -0.2) is 0 Å². The first-order valence-corrected chi connectivity index (χ1v) is 1.52. The van der Waals surface area contributed by atoms with E-state index in [9.17, 15) is 0 Å². The van der Waals surface area contributed by atoms with Crippen LogP contribution in [0, 0.1) is 0 Å². The number of nitrogens with zero attached hydrogens (tertiary/aromatic N) is 1. The van der Waals surface area contributed by atoms with E-state index in [-0.39, 0.29) is 29.6 Å². The Labute approximate surface area is 59.1 Å². The molecule has 0 saturated heterocycles. The molecule has 0 aliphatic heterocycles. The van der Waals surface area contributed by atoms with Crippen LogP contribution in [0.25, 0.3) is 0 Å². The number of hydrogen-bond donors (Lipinski definition) is 0. The second-order valence-electron chi connectivity index (χ2n) is 0.832. The second-order valence-corrected chi connectivity index (χ2v) is 0.832. The molecule has 1 rings (SSSR count). The average molecular weight is 89.1 g/mol. The molecule has 0 aromatic carbocycles. The van der Waals surface area contributed by atoms with Crippen LogP contribution in [0.5, 0.6) is 0 Å². The van der Waals surface area contributed by atoms with Crippen molar-refractivity contribution >= 4 is 0 Å². The Kier molecular flexibility index (Phi) is 3.63. The fourth-order valence-electron chi connectivity index (χ4n) is 0.248. The fourth-order valence-corrected chi connectivity index (χ4v) is 0.248. The van der Waals surface area contributed by atoms with Crippen LogP contribution in [0.2, 0.25) is 0 Å². The van der Waals surface area contributed by atoms with Crippen molar-refractivity contribution in [2.24, 2.45) is 0 Å². The minimum atomic E-state index is 0. The van der Waals surface area contributed by atoms with Crippen molar-refractivity contribution in [3.05, 3.63) is 24.5 Å². The van der Waals surface area contributed by atoms with Gasteiger partial charge in [-0.2, -0.15) is 12.4 Å². The van der Waals surface area contributed by atoms with Crippen molar-refractivity contribution in [2.75, 3.05) is 0 Å². The molecule has 0 spiro atoms. The van der Waals surface area contributed by atoms with Gasteiger partial charge in [0, 0.05) is 0 Å². The Morgan fingerprint density at radius 2 is 1.50 bits per heavy atom. The predicted octanol–water partition coefficient (Wildman–Crippen LogP) is -2.35. The van der Waals surface area contributed by atoms with E-state index in [1.165, 1.54) is 0 Å². The van der Waals surface area contributed by atoms with Gasteiger partial charge in [-0.25, -0.2) is 0 Å². The van der Waals surface area contributed by atoms with Gasteiger partial charge >= 0.3 is 29.6 Å². The van der Waals surface area contributed by atoms with Crippen molar-refractivity contribution in [2.45, 2.75) is 0 Å². The van der Waals surface area contributed by atoms with Crippen LogP contribution in [0.1, 0.15) is 0 Å². The van der Waals surface area contributed by atoms with Crippen molar-refractivity contribution < 1.29 is 29.6 Å². The van der Waals surface area contributed by atoms with E-state index in [0.717, 1.165) is 0 Å². The molecule has 0 radical (unpaired) electrons. The summed E-state index contributed by atoms with van der Waals surface area (Å²) in [5.41, 5.74) is 0. The maximum atomic E-state index is 3.72. The molecule has 0 atom stereocenters. The minimum Gasteiger partial charge on any atom is -0.670 e. The van der Waals surface area contributed by atoms with Gasteiger partial charge in [-0.05, 0) is 0 Å². The van der Waals surface area contributed by atoms with E-state index < -0.39 is 0 Å². The van der Waals surface area contributed by atoms with Gasteiger partial charge in [-0.15, -0.1) is 0 Å². The van der Waals surface area contributed by atoms with Crippen molar-refractivity contribution in [1.82, 2.24) is 4.98 Å². The maximum Gasteiger partial charge on any atom is 1.00 e. The zero-order chi connectivity index (χ0) is 3.54. The summed E-state index contributed by atoms with van der Waals surface area (Å²) in [5, 5.41) is 0. The summed E-state index contributed by atoms with van der Waals surface area (Å²) in [6, 6.07) is 3.78. The molecule has 1 heterocycles. The van der Waals surface area contributed by atoms with E-state index >= 15 is 0 Å². The quantitative estimate of drug-likeness (QED) is 0.324. The molecular weight excluding hydrogens is 85.0 g/mol. The van der Waals surface area contributed by atoms with E-state index in [4.69, 9.17) is 0 Å². The SMILES string of the molecule is [Na+].c1cc[n-]c1. The van der Waals surface area contributed by atoms with Gasteiger partial charge in [0.25, 0.3) is 0 Å². The van der Waals surface area contributed by atoms with Crippen LogP contribution in [0.4, 0.5) is 0 Å². The third-order valence-corrected chi connectivity index (χ3v) is 0.455. The van der Waals surface area contributed by atoms with Crippen molar-refractivity contribution in [3.63, 3.8) is 0 Å². The molecule has 6 heavy (non-hydrogen) atoms. The normalized spacial score (nSPS) is 6.67. The van der Waals surface area contributed by atoms with Crippen LogP contribution >= 0.6 is 0 Å². The molecule has 0 aliphatic carbocycles. The monoisotopic (exact) mass is 89.0 g/mol. The largest absolute Gasteiger partial charge is 1.00 e. The summed E-state index contributed by atoms with van der Waals surface area (Å²) in [6.07, 6.45) is 3.50. The standard InChI is InChI=1S/C4H4N.Na/c1-2-4-5-3-1;/h1-4H;/q-1;+1. The van der Waals surface area contributed by atoms with Gasteiger partial charge in [0.15, 0.2) is 0 Å². The van der Waals surface area contributed by atoms with Gasteiger partial charge in [0.1, 0.15) is 0 Å². The van der Waals surface area contributed by atoms with Crippen molar-refractivity contribution in [1.29, 1.82) is 0 Å². The Morgan fingerprint density at radius 1 is 1.00 bits per heavy atom. The minimum absolute atomic E-state index is 0. The van der Waals surface area contributed by atoms with Crippen molar-refractivity contribution in [3.8, 4) is 0 Å². The van der Waals surface area contributed by atoms with E-state index in [1.54, 1.807) is 12.4 Å². The Bertz CT molecular complexity index is 64.0. The summed E-state index contributed by atoms with van der Waals surface area (Å²) in [5.74, 6) is 0. The van der Waals surface area contributed by atoms with Gasteiger partial charge in [-0.3, -0.25) is 0 Å². The Balaban J connectivity index is 0.000000250. The predicted molar refractivity (Wildman–Crippen MR) is 19.8 cm³/mol. The molecule has 0 bridgehead atoms. The Hall–Kier alpha value is 0.280. The van der Waals surface area contributed by atoms with Gasteiger partial charge in [0.2, 0.25) is 0 Å². The molecule has 1 aromatic rings. The first kappa shape index (κ1) is 6.28. The Morgan fingerprint density at radius 3 is 1.67 bits per heavy atom. The van der Waals surface area contributed by atoms with E-state index in [0.29, 0.717) is 0 Å². The molecule has 1 aromatic heterocycles. The molecule has 0 amide bonds. The zero-order valence-electron chi connectivity index (χ0n) is 3.76. The van der Waals surface area contributed by atoms with Crippen LogP contribution in [0.3, 0.4) is 0 Å². The number of aromatic nitrogens is 1. The molecule has 0 saturated carbocycles. The molecule has 26 valence electrons. The third kappa shape index (κ3) is 1.65. The van der Waals surface area contributed by atoms with Gasteiger partial charge in [-0.1, -0.05) is 12.1 Å². The summed E-state index contributed by atoms with van der Waals surface area (Å²) >= 11 is 0.